The molecule has 0 aliphatic heterocycles. The number of rotatable bonds is 4. The third kappa shape index (κ3) is 2.62. The summed E-state index contributed by atoms with van der Waals surface area (Å²) in [6, 6.07) is 3.72. The van der Waals surface area contributed by atoms with Crippen molar-refractivity contribution in [2.24, 2.45) is 0 Å². The molecule has 0 aliphatic rings. The Balaban J connectivity index is 2.05. The molecule has 15 heavy (non-hydrogen) atoms. The number of hydrogen-bond acceptors (Lipinski definition) is 4. The maximum Gasteiger partial charge on any atom is 0.337 e. The molecule has 0 unspecified atom stereocenters. The first-order chi connectivity index (χ1) is 7.27. The van der Waals surface area contributed by atoms with E-state index in [1.165, 1.54) is 16.9 Å². The van der Waals surface area contributed by atoms with Gasteiger partial charge in [-0.05, 0) is 33.8 Å². The predicted molar refractivity (Wildman–Crippen MR) is 65.2 cm³/mol. The second kappa shape index (κ2) is 4.83. The molecule has 2 rings (SSSR count). The molecule has 0 radical (unpaired) electrons. The van der Waals surface area contributed by atoms with Gasteiger partial charge in [0.15, 0.2) is 0 Å². The molecule has 2 aromatic rings. The van der Waals surface area contributed by atoms with Crippen LogP contribution in [-0.2, 0) is 5.75 Å². The van der Waals surface area contributed by atoms with Crippen LogP contribution < -0.4 is 0 Å². The van der Waals surface area contributed by atoms with Crippen LogP contribution >= 0.6 is 34.4 Å². The first-order valence-electron chi connectivity index (χ1n) is 4.22. The molecule has 78 valence electrons. The summed E-state index contributed by atoms with van der Waals surface area (Å²) < 4.78 is 0.883. The number of carbonyl (C=O) groups is 1. The zero-order valence-corrected chi connectivity index (χ0v) is 10.1. The lowest BCUT2D eigenvalue weighted by atomic mass is 10.4. The SMILES string of the molecule is O=C(O)c1ccsc1SCc1ccsc1. The zero-order chi connectivity index (χ0) is 10.7. The third-order valence-corrected chi connectivity index (χ3v) is 4.85. The van der Waals surface area contributed by atoms with Crippen LogP contribution in [0, 0.1) is 0 Å². The van der Waals surface area contributed by atoms with E-state index < -0.39 is 5.97 Å². The van der Waals surface area contributed by atoms with Crippen LogP contribution in [0.15, 0.2) is 32.5 Å². The molecule has 2 heterocycles. The molecule has 0 aliphatic carbocycles. The fourth-order valence-corrected chi connectivity index (χ4v) is 3.88. The normalized spacial score (nSPS) is 10.4. The zero-order valence-electron chi connectivity index (χ0n) is 7.67. The number of aromatic carboxylic acids is 1. The quantitative estimate of drug-likeness (QED) is 0.845. The van der Waals surface area contributed by atoms with E-state index in [4.69, 9.17) is 5.11 Å². The fraction of sp³-hybridized carbons (Fsp3) is 0.100. The Morgan fingerprint density at radius 1 is 1.40 bits per heavy atom. The molecular formula is C10H8O2S3. The second-order valence-corrected chi connectivity index (χ2v) is 5.79. The van der Waals surface area contributed by atoms with Crippen molar-refractivity contribution >= 4 is 40.4 Å². The Hall–Kier alpha value is -0.780. The standard InChI is InChI=1S/C10H8O2S3/c11-9(12)8-2-4-14-10(8)15-6-7-1-3-13-5-7/h1-5H,6H2,(H,11,12). The smallest absolute Gasteiger partial charge is 0.337 e. The Kier molecular flexibility index (Phi) is 3.45. The third-order valence-electron chi connectivity index (χ3n) is 1.81. The number of hydrogen-bond donors (Lipinski definition) is 1. The van der Waals surface area contributed by atoms with E-state index in [0.717, 1.165) is 9.96 Å². The molecule has 0 fully saturated rings. The summed E-state index contributed by atoms with van der Waals surface area (Å²) in [7, 11) is 0. The van der Waals surface area contributed by atoms with Gasteiger partial charge in [0, 0.05) is 5.75 Å². The fourth-order valence-electron chi connectivity index (χ4n) is 1.09. The topological polar surface area (TPSA) is 37.3 Å². The van der Waals surface area contributed by atoms with Crippen molar-refractivity contribution in [3.63, 3.8) is 0 Å². The molecule has 0 spiro atoms. The highest BCUT2D eigenvalue weighted by molar-refractivity contribution is 8.00. The van der Waals surface area contributed by atoms with Crippen molar-refractivity contribution in [3.8, 4) is 0 Å². The summed E-state index contributed by atoms with van der Waals surface area (Å²) >= 11 is 4.73. The molecule has 0 bridgehead atoms. The minimum Gasteiger partial charge on any atom is -0.478 e. The number of thiophene rings is 2. The molecule has 0 saturated heterocycles. The number of carboxylic acid groups (broad SMARTS) is 1. The van der Waals surface area contributed by atoms with Gasteiger partial charge in [0.1, 0.15) is 0 Å². The summed E-state index contributed by atoms with van der Waals surface area (Å²) in [5, 5.41) is 14.8. The molecule has 2 aromatic heterocycles. The van der Waals surface area contributed by atoms with Gasteiger partial charge in [0.2, 0.25) is 0 Å². The van der Waals surface area contributed by atoms with Crippen LogP contribution in [-0.4, -0.2) is 11.1 Å². The van der Waals surface area contributed by atoms with Crippen LogP contribution in [0.1, 0.15) is 15.9 Å². The van der Waals surface area contributed by atoms with Gasteiger partial charge >= 0.3 is 5.97 Å². The van der Waals surface area contributed by atoms with Gasteiger partial charge in [-0.3, -0.25) is 0 Å². The van der Waals surface area contributed by atoms with Gasteiger partial charge in [-0.2, -0.15) is 11.3 Å². The minimum absolute atomic E-state index is 0.417. The molecule has 0 aromatic carbocycles. The van der Waals surface area contributed by atoms with Gasteiger partial charge in [-0.1, -0.05) is 0 Å². The van der Waals surface area contributed by atoms with Crippen molar-refractivity contribution in [1.82, 2.24) is 0 Å². The highest BCUT2D eigenvalue weighted by atomic mass is 32.2. The first kappa shape index (κ1) is 10.7. The predicted octanol–water partition coefficient (Wildman–Crippen LogP) is 3.80. The highest BCUT2D eigenvalue weighted by Gasteiger charge is 2.11. The van der Waals surface area contributed by atoms with Crippen LogP contribution in [0.5, 0.6) is 0 Å². The molecule has 2 nitrogen and oxygen atoms in total. The molecule has 1 N–H and O–H groups in total. The van der Waals surface area contributed by atoms with Crippen LogP contribution in [0.2, 0.25) is 0 Å². The summed E-state index contributed by atoms with van der Waals surface area (Å²) in [6.45, 7) is 0. The Labute approximate surface area is 99.6 Å². The van der Waals surface area contributed by atoms with Crippen molar-refractivity contribution in [2.45, 2.75) is 9.96 Å². The lowest BCUT2D eigenvalue weighted by molar-refractivity contribution is 0.0694. The summed E-state index contributed by atoms with van der Waals surface area (Å²) in [5.74, 6) is -0.00586. The monoisotopic (exact) mass is 256 g/mol. The van der Waals surface area contributed by atoms with E-state index in [1.807, 2.05) is 10.8 Å². The largest absolute Gasteiger partial charge is 0.478 e. The average Bonchev–Trinajstić information content (AvgIpc) is 2.86. The van der Waals surface area contributed by atoms with E-state index in [-0.39, 0.29) is 0 Å². The number of carboxylic acids is 1. The van der Waals surface area contributed by atoms with Crippen molar-refractivity contribution in [1.29, 1.82) is 0 Å². The maximum absolute atomic E-state index is 10.8. The van der Waals surface area contributed by atoms with E-state index in [0.29, 0.717) is 5.56 Å². The van der Waals surface area contributed by atoms with Gasteiger partial charge in [0.25, 0.3) is 0 Å². The molecule has 0 saturated carbocycles. The lowest BCUT2D eigenvalue weighted by Crippen LogP contribution is -1.94. The second-order valence-electron chi connectivity index (χ2n) is 2.85. The van der Waals surface area contributed by atoms with Crippen molar-refractivity contribution in [2.75, 3.05) is 0 Å². The van der Waals surface area contributed by atoms with E-state index in [9.17, 15) is 4.79 Å². The van der Waals surface area contributed by atoms with E-state index in [1.54, 1.807) is 29.2 Å². The van der Waals surface area contributed by atoms with E-state index in [2.05, 4.69) is 11.4 Å². The van der Waals surface area contributed by atoms with Crippen molar-refractivity contribution in [3.05, 3.63) is 39.4 Å². The highest BCUT2D eigenvalue weighted by Crippen LogP contribution is 2.31. The van der Waals surface area contributed by atoms with Crippen molar-refractivity contribution < 1.29 is 9.90 Å². The van der Waals surface area contributed by atoms with Crippen LogP contribution in [0.4, 0.5) is 0 Å². The molecule has 0 atom stereocenters. The Bertz CT molecular complexity index is 445. The van der Waals surface area contributed by atoms with Gasteiger partial charge in [0.05, 0.1) is 9.77 Å². The van der Waals surface area contributed by atoms with Gasteiger partial charge in [-0.15, -0.1) is 23.1 Å². The number of thioether (sulfide) groups is 1. The maximum atomic E-state index is 10.8. The van der Waals surface area contributed by atoms with Crippen LogP contribution in [0.25, 0.3) is 0 Å². The molecular weight excluding hydrogens is 248 g/mol. The minimum atomic E-state index is -0.843. The average molecular weight is 256 g/mol. The lowest BCUT2D eigenvalue weighted by Gasteiger charge is -1.98. The van der Waals surface area contributed by atoms with E-state index >= 15 is 0 Å². The Morgan fingerprint density at radius 2 is 2.27 bits per heavy atom. The van der Waals surface area contributed by atoms with Gasteiger partial charge < -0.3 is 5.11 Å². The molecule has 0 amide bonds. The molecule has 5 heteroatoms. The van der Waals surface area contributed by atoms with Crippen LogP contribution in [0.3, 0.4) is 0 Å². The summed E-state index contributed by atoms with van der Waals surface area (Å²) in [6.07, 6.45) is 0. The first-order valence-corrected chi connectivity index (χ1v) is 7.03. The summed E-state index contributed by atoms with van der Waals surface area (Å²) in [4.78, 5) is 10.8. The van der Waals surface area contributed by atoms with Gasteiger partial charge in [-0.25, -0.2) is 4.79 Å². The summed E-state index contributed by atoms with van der Waals surface area (Å²) in [5.41, 5.74) is 1.66. The Morgan fingerprint density at radius 3 is 2.93 bits per heavy atom.